The Labute approximate surface area is 190 Å². The van der Waals surface area contributed by atoms with Crippen molar-refractivity contribution in [2.24, 2.45) is 0 Å². The number of nitrogens with zero attached hydrogens (tertiary/aromatic N) is 2. The molecule has 7 heteroatoms. The zero-order chi connectivity index (χ0) is 23.1. The van der Waals surface area contributed by atoms with E-state index in [1.807, 2.05) is 61.5 Å². The molecule has 0 saturated carbocycles. The molecule has 0 saturated heterocycles. The van der Waals surface area contributed by atoms with Crippen LogP contribution < -0.4 is 5.32 Å². The summed E-state index contributed by atoms with van der Waals surface area (Å²) in [5.41, 5.74) is 4.29. The minimum absolute atomic E-state index is 0.210. The Bertz CT molecular complexity index is 1140. The van der Waals surface area contributed by atoms with Gasteiger partial charge in [-0.15, -0.1) is 0 Å². The summed E-state index contributed by atoms with van der Waals surface area (Å²) in [5.74, 6) is -0.346. The lowest BCUT2D eigenvalue weighted by atomic mass is 10.1. The fraction of sp³-hybridized carbons (Fsp3) is 0.280. The van der Waals surface area contributed by atoms with Gasteiger partial charge in [-0.1, -0.05) is 48.0 Å². The molecular weight excluding hydrogens is 422 g/mol. The molecule has 0 aliphatic carbocycles. The molecule has 0 bridgehead atoms. The summed E-state index contributed by atoms with van der Waals surface area (Å²) in [7, 11) is -3.86. The summed E-state index contributed by atoms with van der Waals surface area (Å²) in [6.45, 7) is 5.82. The zero-order valence-corrected chi connectivity index (χ0v) is 19.5. The molecule has 1 amide bonds. The second-order valence-corrected chi connectivity index (χ2v) is 9.81. The first-order valence-electron chi connectivity index (χ1n) is 10.5. The summed E-state index contributed by atoms with van der Waals surface area (Å²) in [6.07, 6.45) is 3.82. The van der Waals surface area contributed by atoms with Crippen LogP contribution in [0.2, 0.25) is 0 Å². The molecular formula is C25H29N3O3S. The van der Waals surface area contributed by atoms with Gasteiger partial charge in [-0.25, -0.2) is 8.42 Å². The quantitative estimate of drug-likeness (QED) is 0.540. The van der Waals surface area contributed by atoms with Crippen LogP contribution in [-0.4, -0.2) is 36.7 Å². The van der Waals surface area contributed by atoms with E-state index >= 15 is 0 Å². The minimum Gasteiger partial charge on any atom is -0.351 e. The van der Waals surface area contributed by atoms with E-state index in [1.54, 1.807) is 26.2 Å². The second-order valence-electron chi connectivity index (χ2n) is 7.93. The van der Waals surface area contributed by atoms with Crippen molar-refractivity contribution in [1.29, 1.82) is 0 Å². The van der Waals surface area contributed by atoms with Crippen LogP contribution >= 0.6 is 0 Å². The Kier molecular flexibility index (Phi) is 7.77. The molecule has 1 aromatic heterocycles. The lowest BCUT2D eigenvalue weighted by Gasteiger charge is -2.24. The number of pyridine rings is 1. The zero-order valence-electron chi connectivity index (χ0n) is 18.7. The first-order chi connectivity index (χ1) is 15.3. The number of carbonyl (C=O) groups is 1. The fourth-order valence-corrected chi connectivity index (χ4v) is 5.61. The first kappa shape index (κ1) is 23.6. The highest BCUT2D eigenvalue weighted by molar-refractivity contribution is 7.89. The number of hydrogen-bond acceptors (Lipinski definition) is 4. The van der Waals surface area contributed by atoms with Crippen LogP contribution in [0.1, 0.15) is 27.8 Å². The molecule has 6 nitrogen and oxygen atoms in total. The molecule has 168 valence electrons. The first-order valence-corrected chi connectivity index (χ1v) is 12.0. The van der Waals surface area contributed by atoms with E-state index in [1.165, 1.54) is 4.31 Å². The van der Waals surface area contributed by atoms with Crippen LogP contribution in [-0.2, 0) is 27.8 Å². The fourth-order valence-electron chi connectivity index (χ4n) is 3.80. The second kappa shape index (κ2) is 10.5. The standard InChI is InChI=1S/C25H29N3O3S/c1-19-15-20(2)25(21(3)16-19)32(30,31)28(14-11-22-7-5-4-6-8-22)18-24(29)27-17-23-9-12-26-13-10-23/h4-10,12-13,15-16H,11,14,17-18H2,1-3H3,(H,27,29). The summed E-state index contributed by atoms with van der Waals surface area (Å²) < 4.78 is 28.6. The van der Waals surface area contributed by atoms with Crippen molar-refractivity contribution in [1.82, 2.24) is 14.6 Å². The normalized spacial score (nSPS) is 11.5. The van der Waals surface area contributed by atoms with E-state index in [4.69, 9.17) is 0 Å². The van der Waals surface area contributed by atoms with Crippen molar-refractivity contribution < 1.29 is 13.2 Å². The largest absolute Gasteiger partial charge is 0.351 e. The van der Waals surface area contributed by atoms with E-state index in [0.717, 1.165) is 16.7 Å². The van der Waals surface area contributed by atoms with Gasteiger partial charge in [0.25, 0.3) is 0 Å². The average Bonchev–Trinajstić information content (AvgIpc) is 2.75. The van der Waals surface area contributed by atoms with E-state index in [0.29, 0.717) is 24.1 Å². The smallest absolute Gasteiger partial charge is 0.244 e. The van der Waals surface area contributed by atoms with Crippen molar-refractivity contribution in [3.05, 3.63) is 94.8 Å². The molecule has 3 rings (SSSR count). The van der Waals surface area contributed by atoms with Gasteiger partial charge in [-0.2, -0.15) is 4.31 Å². The van der Waals surface area contributed by atoms with Crippen molar-refractivity contribution >= 4 is 15.9 Å². The third-order valence-electron chi connectivity index (χ3n) is 5.25. The highest BCUT2D eigenvalue weighted by atomic mass is 32.2. The number of rotatable bonds is 9. The number of amides is 1. The minimum atomic E-state index is -3.86. The van der Waals surface area contributed by atoms with Gasteiger partial charge >= 0.3 is 0 Å². The van der Waals surface area contributed by atoms with Gasteiger partial charge < -0.3 is 5.32 Å². The predicted molar refractivity (Wildman–Crippen MR) is 126 cm³/mol. The van der Waals surface area contributed by atoms with E-state index in [2.05, 4.69) is 10.3 Å². The maximum absolute atomic E-state index is 13.7. The van der Waals surface area contributed by atoms with Crippen LogP contribution in [0, 0.1) is 20.8 Å². The van der Waals surface area contributed by atoms with Gasteiger partial charge in [-0.05, 0) is 61.6 Å². The molecule has 0 spiro atoms. The highest BCUT2D eigenvalue weighted by Gasteiger charge is 2.29. The molecule has 0 radical (unpaired) electrons. The van der Waals surface area contributed by atoms with Crippen LogP contribution in [0.25, 0.3) is 0 Å². The summed E-state index contributed by atoms with van der Waals surface area (Å²) >= 11 is 0. The van der Waals surface area contributed by atoms with E-state index in [9.17, 15) is 13.2 Å². The maximum Gasteiger partial charge on any atom is 0.244 e. The molecule has 1 heterocycles. The van der Waals surface area contributed by atoms with Gasteiger partial charge in [0.2, 0.25) is 15.9 Å². The Balaban J connectivity index is 1.83. The lowest BCUT2D eigenvalue weighted by molar-refractivity contribution is -0.121. The maximum atomic E-state index is 13.7. The molecule has 32 heavy (non-hydrogen) atoms. The monoisotopic (exact) mass is 451 g/mol. The Morgan fingerprint density at radius 1 is 0.938 bits per heavy atom. The molecule has 0 fully saturated rings. The average molecular weight is 452 g/mol. The van der Waals surface area contributed by atoms with Crippen molar-refractivity contribution in [3.8, 4) is 0 Å². The Morgan fingerprint density at radius 2 is 1.56 bits per heavy atom. The Hall–Kier alpha value is -3.03. The number of aryl methyl sites for hydroxylation is 3. The number of aromatic nitrogens is 1. The lowest BCUT2D eigenvalue weighted by Crippen LogP contribution is -2.42. The van der Waals surface area contributed by atoms with E-state index in [-0.39, 0.29) is 23.9 Å². The molecule has 2 aromatic carbocycles. The SMILES string of the molecule is Cc1cc(C)c(S(=O)(=O)N(CCc2ccccc2)CC(=O)NCc2ccncc2)c(C)c1. The molecule has 1 N–H and O–H groups in total. The van der Waals surface area contributed by atoms with Gasteiger partial charge in [0, 0.05) is 25.5 Å². The highest BCUT2D eigenvalue weighted by Crippen LogP contribution is 2.25. The third-order valence-corrected chi connectivity index (χ3v) is 7.41. The van der Waals surface area contributed by atoms with Gasteiger partial charge in [0.15, 0.2) is 0 Å². The van der Waals surface area contributed by atoms with Gasteiger partial charge in [-0.3, -0.25) is 9.78 Å². The van der Waals surface area contributed by atoms with Gasteiger partial charge in [0.1, 0.15) is 0 Å². The van der Waals surface area contributed by atoms with Crippen LogP contribution in [0.4, 0.5) is 0 Å². The van der Waals surface area contributed by atoms with Crippen molar-refractivity contribution in [2.45, 2.75) is 38.6 Å². The van der Waals surface area contributed by atoms with Crippen LogP contribution in [0.5, 0.6) is 0 Å². The molecule has 0 aliphatic heterocycles. The molecule has 3 aromatic rings. The number of nitrogens with one attached hydrogen (secondary N) is 1. The summed E-state index contributed by atoms with van der Waals surface area (Å²) in [4.78, 5) is 16.9. The van der Waals surface area contributed by atoms with Crippen molar-refractivity contribution in [3.63, 3.8) is 0 Å². The molecule has 0 unspecified atom stereocenters. The van der Waals surface area contributed by atoms with Crippen LogP contribution in [0.15, 0.2) is 71.9 Å². The Morgan fingerprint density at radius 3 is 2.19 bits per heavy atom. The number of sulfonamides is 1. The number of carbonyl (C=O) groups excluding carboxylic acids is 1. The third kappa shape index (κ3) is 6.02. The summed E-state index contributed by atoms with van der Waals surface area (Å²) in [6, 6.07) is 17.0. The predicted octanol–water partition coefficient (Wildman–Crippen LogP) is 3.56. The summed E-state index contributed by atoms with van der Waals surface area (Å²) in [5, 5.41) is 2.82. The molecule has 0 atom stereocenters. The van der Waals surface area contributed by atoms with Crippen molar-refractivity contribution in [2.75, 3.05) is 13.1 Å². The number of benzene rings is 2. The van der Waals surface area contributed by atoms with Crippen LogP contribution in [0.3, 0.4) is 0 Å². The number of hydrogen-bond donors (Lipinski definition) is 1. The topological polar surface area (TPSA) is 79.4 Å². The van der Waals surface area contributed by atoms with Gasteiger partial charge in [0.05, 0.1) is 11.4 Å². The molecule has 0 aliphatic rings. The van der Waals surface area contributed by atoms with E-state index < -0.39 is 10.0 Å².